The third-order valence-electron chi connectivity index (χ3n) is 2.72. The highest BCUT2D eigenvalue weighted by Crippen LogP contribution is 2.21. The van der Waals surface area contributed by atoms with Crippen LogP contribution in [0.3, 0.4) is 0 Å². The van der Waals surface area contributed by atoms with Gasteiger partial charge in [0.15, 0.2) is 5.69 Å². The summed E-state index contributed by atoms with van der Waals surface area (Å²) in [4.78, 5) is 16.0. The lowest BCUT2D eigenvalue weighted by Crippen LogP contribution is -2.08. The molecule has 0 spiro atoms. The van der Waals surface area contributed by atoms with Crippen LogP contribution < -0.4 is 0 Å². The number of ether oxygens (including phenoxy) is 2. The van der Waals surface area contributed by atoms with Crippen LogP contribution in [0.4, 0.5) is 0 Å². The summed E-state index contributed by atoms with van der Waals surface area (Å²) in [5, 5.41) is 0. The average Bonchev–Trinajstić information content (AvgIpc) is 3.00. The van der Waals surface area contributed by atoms with Gasteiger partial charge >= 0.3 is 5.97 Å². The molecule has 0 radical (unpaired) electrons. The summed E-state index contributed by atoms with van der Waals surface area (Å²) in [6.45, 7) is 8.23. The van der Waals surface area contributed by atoms with Crippen molar-refractivity contribution in [1.29, 1.82) is 0 Å². The predicted octanol–water partition coefficient (Wildman–Crippen LogP) is 4.01. The highest BCUT2D eigenvalue weighted by molar-refractivity contribution is 14.2. The van der Waals surface area contributed by atoms with Gasteiger partial charge in [0.25, 0.3) is 0 Å². The topological polar surface area (TPSA) is 62.1 Å². The number of carbonyl (C=O) groups is 1. The highest BCUT2D eigenvalue weighted by Gasteiger charge is 2.12. The maximum absolute atomic E-state index is 11.8. The summed E-state index contributed by atoms with van der Waals surface area (Å²) in [5.74, 6) is -0.370. The monoisotopic (exact) mass is 452 g/mol. The molecular weight excluding hydrogens is 430 g/mol. The molecule has 1 unspecified atom stereocenters. The van der Waals surface area contributed by atoms with E-state index >= 15 is 0 Å². The molecular formula is C15H22IN2O4P. The average molecular weight is 452 g/mol. The van der Waals surface area contributed by atoms with E-state index < -0.39 is 0 Å². The normalized spacial score (nSPS) is 10.8. The number of esters is 1. The fourth-order valence-electron chi connectivity index (χ4n) is 1.80. The molecule has 2 aromatic heterocycles. The molecule has 2 rings (SSSR count). The van der Waals surface area contributed by atoms with Crippen molar-refractivity contribution in [3.05, 3.63) is 35.8 Å². The van der Waals surface area contributed by atoms with E-state index in [2.05, 4.69) is 27.0 Å². The van der Waals surface area contributed by atoms with Crippen LogP contribution in [0.25, 0.3) is 5.65 Å². The van der Waals surface area contributed by atoms with Crippen molar-refractivity contribution in [1.82, 2.24) is 9.38 Å². The van der Waals surface area contributed by atoms with Gasteiger partial charge < -0.3 is 14.0 Å². The number of aromatic nitrogens is 2. The summed E-state index contributed by atoms with van der Waals surface area (Å²) in [6, 6.07) is 3.79. The number of pyridine rings is 1. The largest absolute Gasteiger partial charge is 0.461 e. The summed E-state index contributed by atoms with van der Waals surface area (Å²) < 4.78 is 17.4. The van der Waals surface area contributed by atoms with Crippen LogP contribution in [-0.2, 0) is 20.6 Å². The van der Waals surface area contributed by atoms with Crippen LogP contribution in [0.1, 0.15) is 36.8 Å². The Bertz CT molecular complexity index is 606. The zero-order valence-electron chi connectivity index (χ0n) is 13.5. The molecule has 0 amide bonds. The van der Waals surface area contributed by atoms with Crippen molar-refractivity contribution in [2.75, 3.05) is 19.8 Å². The molecule has 2 heterocycles. The van der Waals surface area contributed by atoms with E-state index in [-0.39, 0.29) is 5.97 Å². The Morgan fingerprint density at radius 1 is 1.39 bits per heavy atom. The third-order valence-corrected chi connectivity index (χ3v) is 3.96. The second kappa shape index (κ2) is 11.7. The number of halogens is 1. The van der Waals surface area contributed by atoms with Gasteiger partial charge in [-0.1, -0.05) is 13.8 Å². The molecule has 0 N–H and O–H groups in total. The van der Waals surface area contributed by atoms with Crippen LogP contribution in [0.15, 0.2) is 24.5 Å². The number of carbonyl (C=O) groups excluding carboxylic acids is 1. The van der Waals surface area contributed by atoms with Gasteiger partial charge in [0, 0.05) is 6.20 Å². The van der Waals surface area contributed by atoms with E-state index in [1.54, 1.807) is 17.5 Å². The fraction of sp³-hybridized carbons (Fsp3) is 0.467. The SMILES string of the molecule is CC.CCOC(=O)c1cnc2cc(COCCOPI)ccn12. The van der Waals surface area contributed by atoms with Gasteiger partial charge in [-0.25, -0.2) is 9.78 Å². The minimum Gasteiger partial charge on any atom is -0.461 e. The molecule has 0 bridgehead atoms. The van der Waals surface area contributed by atoms with Crippen molar-refractivity contribution in [2.45, 2.75) is 27.4 Å². The van der Waals surface area contributed by atoms with Gasteiger partial charge in [0.2, 0.25) is 0 Å². The zero-order valence-corrected chi connectivity index (χ0v) is 16.7. The predicted molar refractivity (Wildman–Crippen MR) is 100 cm³/mol. The second-order valence-electron chi connectivity index (χ2n) is 4.11. The van der Waals surface area contributed by atoms with Crippen molar-refractivity contribution < 1.29 is 18.8 Å². The van der Waals surface area contributed by atoms with Crippen LogP contribution in [0.5, 0.6) is 0 Å². The van der Waals surface area contributed by atoms with Gasteiger partial charge in [-0.3, -0.25) is 4.40 Å². The van der Waals surface area contributed by atoms with Crippen LogP contribution in [0, 0.1) is 0 Å². The molecule has 0 aliphatic rings. The number of hydrogen-bond donors (Lipinski definition) is 0. The van der Waals surface area contributed by atoms with Gasteiger partial charge in [0.1, 0.15) is 5.65 Å². The van der Waals surface area contributed by atoms with Gasteiger partial charge in [-0.15, -0.1) is 0 Å². The maximum Gasteiger partial charge on any atom is 0.356 e. The number of nitrogens with zero attached hydrogens (tertiary/aromatic N) is 2. The summed E-state index contributed by atoms with van der Waals surface area (Å²) >= 11 is 2.17. The Morgan fingerprint density at radius 2 is 2.17 bits per heavy atom. The first kappa shape index (κ1) is 20.3. The van der Waals surface area contributed by atoms with E-state index in [0.29, 0.717) is 44.2 Å². The minimum absolute atomic E-state index is 0.345. The lowest BCUT2D eigenvalue weighted by atomic mass is 10.3. The first-order valence-corrected chi connectivity index (χ1v) is 11.5. The number of rotatable bonds is 8. The second-order valence-corrected chi connectivity index (χ2v) is 5.87. The Hall–Kier alpha value is -0.760. The van der Waals surface area contributed by atoms with Crippen LogP contribution in [0.2, 0.25) is 0 Å². The molecule has 0 aromatic carbocycles. The van der Waals surface area contributed by atoms with Gasteiger partial charge in [-0.2, -0.15) is 0 Å². The maximum atomic E-state index is 11.8. The Balaban J connectivity index is 0.00000127. The highest BCUT2D eigenvalue weighted by atomic mass is 127. The van der Waals surface area contributed by atoms with Crippen molar-refractivity contribution in [2.24, 2.45) is 0 Å². The lowest BCUT2D eigenvalue weighted by molar-refractivity contribution is 0.0518. The first-order chi connectivity index (χ1) is 11.3. The molecule has 2 aromatic rings. The standard InChI is InChI=1S/C13H16IN2O4P.C2H6/c1-2-19-13(17)11-8-15-12-7-10(3-4-16(11)12)9-18-5-6-20-21-14;1-2/h3-4,7-8,21H,2,5-6,9H2,1H3;1-2H3. The quantitative estimate of drug-likeness (QED) is 0.262. The molecule has 0 aliphatic heterocycles. The zero-order chi connectivity index (χ0) is 17.1. The van der Waals surface area contributed by atoms with E-state index in [4.69, 9.17) is 14.0 Å². The van der Waals surface area contributed by atoms with Crippen molar-refractivity contribution in [3.63, 3.8) is 0 Å². The molecule has 6 nitrogen and oxygen atoms in total. The van der Waals surface area contributed by atoms with E-state index in [1.165, 1.54) is 6.20 Å². The molecule has 0 saturated carbocycles. The van der Waals surface area contributed by atoms with E-state index in [9.17, 15) is 4.79 Å². The fourth-order valence-corrected chi connectivity index (χ4v) is 2.62. The first-order valence-electron chi connectivity index (χ1n) is 7.44. The van der Waals surface area contributed by atoms with Gasteiger partial charge in [0.05, 0.1) is 39.1 Å². The van der Waals surface area contributed by atoms with E-state index in [0.717, 1.165) is 5.56 Å². The third kappa shape index (κ3) is 6.33. The summed E-state index contributed by atoms with van der Waals surface area (Å²) in [7, 11) is 0. The summed E-state index contributed by atoms with van der Waals surface area (Å²) in [5.41, 5.74) is 2.13. The molecule has 0 aliphatic carbocycles. The number of imidazole rings is 1. The molecule has 128 valence electrons. The lowest BCUT2D eigenvalue weighted by Gasteiger charge is -2.06. The van der Waals surface area contributed by atoms with Crippen molar-refractivity contribution in [3.8, 4) is 0 Å². The smallest absolute Gasteiger partial charge is 0.356 e. The molecule has 0 saturated heterocycles. The van der Waals surface area contributed by atoms with Crippen LogP contribution >= 0.6 is 28.5 Å². The number of hydrogen-bond acceptors (Lipinski definition) is 5. The molecule has 0 fully saturated rings. The molecule has 23 heavy (non-hydrogen) atoms. The summed E-state index contributed by atoms with van der Waals surface area (Å²) in [6.07, 6.45) is 3.32. The number of fused-ring (bicyclic) bond motifs is 1. The van der Waals surface area contributed by atoms with Crippen molar-refractivity contribution >= 4 is 40.1 Å². The van der Waals surface area contributed by atoms with Gasteiger partial charge in [-0.05, 0) is 46.7 Å². The Morgan fingerprint density at radius 3 is 2.87 bits per heavy atom. The molecule has 8 heteroatoms. The Kier molecular flexibility index (Phi) is 10.3. The Labute approximate surface area is 151 Å². The van der Waals surface area contributed by atoms with Crippen LogP contribution in [-0.4, -0.2) is 35.2 Å². The van der Waals surface area contributed by atoms with E-state index in [1.807, 2.05) is 26.0 Å². The minimum atomic E-state index is -0.370. The molecule has 1 atom stereocenters.